The third kappa shape index (κ3) is 4.02. The molecule has 3 aromatic rings. The second kappa shape index (κ2) is 7.79. The van der Waals surface area contributed by atoms with Crippen molar-refractivity contribution in [1.29, 1.82) is 0 Å². The van der Waals surface area contributed by atoms with Crippen LogP contribution in [0.4, 0.5) is 0 Å². The first-order valence-corrected chi connectivity index (χ1v) is 9.70. The number of nitrogens with zero attached hydrogens (tertiary/aromatic N) is 3. The first-order valence-electron chi connectivity index (χ1n) is 8.21. The van der Waals surface area contributed by atoms with Gasteiger partial charge in [0.05, 0.1) is 23.3 Å². The Morgan fingerprint density at radius 1 is 1.25 bits per heavy atom. The minimum atomic E-state index is -3.87. The fourth-order valence-electron chi connectivity index (χ4n) is 2.69. The maximum Gasteiger partial charge on any atom is 0.252 e. The lowest BCUT2D eigenvalue weighted by molar-refractivity contribution is 0.0997. The van der Waals surface area contributed by atoms with Gasteiger partial charge >= 0.3 is 0 Å². The number of rotatable bonds is 7. The molecular weight excluding hydrogens is 382 g/mol. The number of sulfonamides is 1. The first kappa shape index (κ1) is 19.5. The van der Waals surface area contributed by atoms with Crippen LogP contribution in [-0.2, 0) is 23.6 Å². The minimum Gasteiger partial charge on any atom is -0.496 e. The molecule has 1 aromatic carbocycles. The zero-order valence-corrected chi connectivity index (χ0v) is 16.1. The number of aromatic nitrogens is 3. The molecule has 0 saturated heterocycles. The molecule has 0 aliphatic heterocycles. The van der Waals surface area contributed by atoms with Gasteiger partial charge in [-0.3, -0.25) is 14.5 Å². The molecule has 0 saturated carbocycles. The maximum atomic E-state index is 12.6. The number of ether oxygens (including phenoxy) is 1. The van der Waals surface area contributed by atoms with Gasteiger partial charge in [-0.05, 0) is 35.9 Å². The molecule has 28 heavy (non-hydrogen) atoms. The van der Waals surface area contributed by atoms with E-state index in [-0.39, 0.29) is 22.8 Å². The van der Waals surface area contributed by atoms with Crippen molar-refractivity contribution in [2.75, 3.05) is 7.11 Å². The summed E-state index contributed by atoms with van der Waals surface area (Å²) in [4.78, 5) is 15.6. The molecule has 0 aliphatic carbocycles. The minimum absolute atomic E-state index is 0.00903. The van der Waals surface area contributed by atoms with Gasteiger partial charge in [0, 0.05) is 37.7 Å². The molecule has 2 heterocycles. The summed E-state index contributed by atoms with van der Waals surface area (Å²) in [6, 6.07) is 7.59. The molecule has 1 amide bonds. The van der Waals surface area contributed by atoms with E-state index in [1.165, 1.54) is 25.3 Å². The number of hydrogen-bond acceptors (Lipinski definition) is 6. The molecule has 146 valence electrons. The Labute approximate surface area is 162 Å². The number of benzene rings is 1. The highest BCUT2D eigenvalue weighted by Gasteiger charge is 2.18. The van der Waals surface area contributed by atoms with Crippen LogP contribution in [0.15, 0.2) is 53.8 Å². The van der Waals surface area contributed by atoms with Gasteiger partial charge in [0.15, 0.2) is 0 Å². The lowest BCUT2D eigenvalue weighted by Crippen LogP contribution is -2.24. The van der Waals surface area contributed by atoms with E-state index in [0.29, 0.717) is 5.56 Å². The van der Waals surface area contributed by atoms with Crippen molar-refractivity contribution in [2.45, 2.75) is 11.4 Å². The standard InChI is InChI=1S/C18H19N5O4S/c1-23-16(5-6-21-23)13-7-12(9-20-11-13)10-22-28(25,26)14-3-4-17(27-2)15(8-14)18(19)24/h3-9,11,22H,10H2,1-2H3,(H2,19,24). The van der Waals surface area contributed by atoms with Crippen molar-refractivity contribution in [2.24, 2.45) is 12.8 Å². The number of nitrogens with one attached hydrogen (secondary N) is 1. The van der Waals surface area contributed by atoms with Gasteiger partial charge < -0.3 is 10.5 Å². The highest BCUT2D eigenvalue weighted by molar-refractivity contribution is 7.89. The lowest BCUT2D eigenvalue weighted by Gasteiger charge is -2.11. The Balaban J connectivity index is 1.82. The van der Waals surface area contributed by atoms with Crippen LogP contribution < -0.4 is 15.2 Å². The van der Waals surface area contributed by atoms with Crippen molar-refractivity contribution in [3.63, 3.8) is 0 Å². The third-order valence-electron chi connectivity index (χ3n) is 4.12. The molecular formula is C18H19N5O4S. The van der Waals surface area contributed by atoms with Crippen LogP contribution in [0.5, 0.6) is 5.75 Å². The average molecular weight is 401 g/mol. The van der Waals surface area contributed by atoms with Gasteiger partial charge in [0.1, 0.15) is 5.75 Å². The van der Waals surface area contributed by atoms with E-state index in [9.17, 15) is 13.2 Å². The average Bonchev–Trinajstić information content (AvgIpc) is 3.12. The first-order chi connectivity index (χ1) is 13.3. The van der Waals surface area contributed by atoms with Gasteiger partial charge in [0.2, 0.25) is 10.0 Å². The quantitative estimate of drug-likeness (QED) is 0.609. The molecule has 9 nitrogen and oxygen atoms in total. The second-order valence-electron chi connectivity index (χ2n) is 5.97. The molecule has 10 heteroatoms. The third-order valence-corrected chi connectivity index (χ3v) is 5.52. The van der Waals surface area contributed by atoms with Crippen molar-refractivity contribution in [3.05, 3.63) is 60.0 Å². The molecule has 2 aromatic heterocycles. The lowest BCUT2D eigenvalue weighted by atomic mass is 10.1. The summed E-state index contributed by atoms with van der Waals surface area (Å²) in [6.07, 6.45) is 4.92. The summed E-state index contributed by atoms with van der Waals surface area (Å²) in [6.45, 7) is 0.0267. The van der Waals surface area contributed by atoms with Crippen LogP contribution in [0.1, 0.15) is 15.9 Å². The Bertz CT molecular complexity index is 1120. The topological polar surface area (TPSA) is 129 Å². The number of pyridine rings is 1. The number of methoxy groups -OCH3 is 1. The summed E-state index contributed by atoms with van der Waals surface area (Å²) < 4.78 is 34.4. The van der Waals surface area contributed by atoms with Gasteiger partial charge in [-0.2, -0.15) is 5.10 Å². The molecule has 3 N–H and O–H groups in total. The van der Waals surface area contributed by atoms with E-state index in [0.717, 1.165) is 11.3 Å². The summed E-state index contributed by atoms with van der Waals surface area (Å²) in [5.74, 6) is -0.568. The molecule has 0 spiro atoms. The smallest absolute Gasteiger partial charge is 0.252 e. The molecule has 0 aliphatic rings. The van der Waals surface area contributed by atoms with E-state index < -0.39 is 15.9 Å². The Hall–Kier alpha value is -3.24. The van der Waals surface area contributed by atoms with Crippen LogP contribution in [0.2, 0.25) is 0 Å². The molecule has 3 rings (SSSR count). The number of aryl methyl sites for hydroxylation is 1. The SMILES string of the molecule is COc1ccc(S(=O)(=O)NCc2cncc(-c3ccnn3C)c2)cc1C(N)=O. The predicted octanol–water partition coefficient (Wildman–Crippen LogP) is 1.07. The monoisotopic (exact) mass is 401 g/mol. The van der Waals surface area contributed by atoms with E-state index in [2.05, 4.69) is 14.8 Å². The van der Waals surface area contributed by atoms with Crippen molar-refractivity contribution in [3.8, 4) is 17.0 Å². The molecule has 0 fully saturated rings. The van der Waals surface area contributed by atoms with Crippen molar-refractivity contribution in [1.82, 2.24) is 19.5 Å². The van der Waals surface area contributed by atoms with Gasteiger partial charge in [-0.1, -0.05) is 0 Å². The number of amides is 1. The van der Waals surface area contributed by atoms with Gasteiger partial charge in [-0.15, -0.1) is 0 Å². The van der Waals surface area contributed by atoms with Crippen LogP contribution in [0.25, 0.3) is 11.3 Å². The maximum absolute atomic E-state index is 12.6. The summed E-state index contributed by atoms with van der Waals surface area (Å²) >= 11 is 0. The van der Waals surface area contributed by atoms with E-state index in [1.54, 1.807) is 23.3 Å². The van der Waals surface area contributed by atoms with E-state index >= 15 is 0 Å². The number of carbonyl (C=O) groups excluding carboxylic acids is 1. The Kier molecular flexibility index (Phi) is 5.43. The van der Waals surface area contributed by atoms with Gasteiger partial charge in [-0.25, -0.2) is 13.1 Å². The number of carbonyl (C=O) groups is 1. The fourth-order valence-corrected chi connectivity index (χ4v) is 3.73. The highest BCUT2D eigenvalue weighted by Crippen LogP contribution is 2.22. The Morgan fingerprint density at radius 2 is 2.04 bits per heavy atom. The normalized spacial score (nSPS) is 11.4. The van der Waals surface area contributed by atoms with Crippen molar-refractivity contribution < 1.29 is 17.9 Å². The largest absolute Gasteiger partial charge is 0.496 e. The zero-order valence-electron chi connectivity index (χ0n) is 15.3. The van der Waals surface area contributed by atoms with Gasteiger partial charge in [0.25, 0.3) is 5.91 Å². The molecule has 0 radical (unpaired) electrons. The molecule has 0 bridgehead atoms. The van der Waals surface area contributed by atoms with Crippen LogP contribution >= 0.6 is 0 Å². The van der Waals surface area contributed by atoms with E-state index in [4.69, 9.17) is 10.5 Å². The van der Waals surface area contributed by atoms with Crippen LogP contribution in [-0.4, -0.2) is 36.2 Å². The Morgan fingerprint density at radius 3 is 2.68 bits per heavy atom. The van der Waals surface area contributed by atoms with Crippen LogP contribution in [0, 0.1) is 0 Å². The second-order valence-corrected chi connectivity index (χ2v) is 7.74. The number of nitrogens with two attached hydrogens (primary N) is 1. The summed E-state index contributed by atoms with van der Waals surface area (Å²) in [5, 5.41) is 4.11. The van der Waals surface area contributed by atoms with E-state index in [1.807, 2.05) is 19.2 Å². The summed E-state index contributed by atoms with van der Waals surface area (Å²) in [5.41, 5.74) is 7.63. The summed E-state index contributed by atoms with van der Waals surface area (Å²) in [7, 11) is -0.691. The number of hydrogen-bond donors (Lipinski definition) is 2. The number of primary amides is 1. The van der Waals surface area contributed by atoms with Crippen molar-refractivity contribution >= 4 is 15.9 Å². The zero-order chi connectivity index (χ0) is 20.3. The van der Waals surface area contributed by atoms with Crippen LogP contribution in [0.3, 0.4) is 0 Å². The fraction of sp³-hybridized carbons (Fsp3) is 0.167. The molecule has 0 atom stereocenters. The highest BCUT2D eigenvalue weighted by atomic mass is 32.2. The molecule has 0 unspecified atom stereocenters. The predicted molar refractivity (Wildman–Crippen MR) is 102 cm³/mol.